The number of carbonyl (C=O) groups excluding carboxylic acids is 1. The number of piperidine rings is 1. The number of nitrogens with zero attached hydrogens (tertiary/aromatic N) is 6. The maximum absolute atomic E-state index is 13.6. The van der Waals surface area contributed by atoms with Crippen LogP contribution in [-0.4, -0.2) is 58.5 Å². The van der Waals surface area contributed by atoms with E-state index in [4.69, 9.17) is 14.5 Å². The molecule has 0 unspecified atom stereocenters. The minimum Gasteiger partial charge on any atom is -0.440 e. The van der Waals surface area contributed by atoms with E-state index in [2.05, 4.69) is 92.0 Å². The second kappa shape index (κ2) is 24.2. The molecule has 4 aromatic rings. The van der Waals surface area contributed by atoms with Crippen molar-refractivity contribution in [3.8, 4) is 5.88 Å². The highest BCUT2D eigenvalue weighted by molar-refractivity contribution is 5.79. The summed E-state index contributed by atoms with van der Waals surface area (Å²) in [5, 5.41) is 0. The van der Waals surface area contributed by atoms with Gasteiger partial charge in [-0.2, -0.15) is 4.98 Å². The van der Waals surface area contributed by atoms with Crippen LogP contribution < -0.4 is 14.5 Å². The highest BCUT2D eigenvalue weighted by Gasteiger charge is 2.27. The van der Waals surface area contributed by atoms with Gasteiger partial charge in [0.15, 0.2) is 0 Å². The fourth-order valence-electron chi connectivity index (χ4n) is 6.69. The summed E-state index contributed by atoms with van der Waals surface area (Å²) in [5.41, 5.74) is 3.01. The second-order valence-corrected chi connectivity index (χ2v) is 14.2. The maximum Gasteiger partial charge on any atom is 0.308 e. The molecule has 9 nitrogen and oxygen atoms in total. The van der Waals surface area contributed by atoms with Crippen molar-refractivity contribution in [2.75, 3.05) is 36.7 Å². The molecular formula is C47H59FN6O3. The fraction of sp³-hybridized carbons (Fsp3) is 0.404. The van der Waals surface area contributed by atoms with Crippen molar-refractivity contribution in [2.24, 2.45) is 0 Å². The summed E-state index contributed by atoms with van der Waals surface area (Å²) < 4.78 is 26.8. The van der Waals surface area contributed by atoms with Crippen molar-refractivity contribution >= 4 is 28.9 Å². The van der Waals surface area contributed by atoms with Crippen LogP contribution in [0.4, 0.5) is 16.3 Å². The number of halogens is 1. The largest absolute Gasteiger partial charge is 0.440 e. The summed E-state index contributed by atoms with van der Waals surface area (Å²) in [6.07, 6.45) is 34.9. The minimum atomic E-state index is -0.318. The van der Waals surface area contributed by atoms with Crippen molar-refractivity contribution in [3.05, 3.63) is 133 Å². The Morgan fingerprint density at radius 3 is 2.16 bits per heavy atom. The molecule has 3 heterocycles. The first kappa shape index (κ1) is 42.6. The van der Waals surface area contributed by atoms with Gasteiger partial charge in [-0.3, -0.25) is 4.79 Å². The van der Waals surface area contributed by atoms with E-state index in [-0.39, 0.29) is 31.0 Å². The standard InChI is InChI=1S/C47H59FN6O3/c1-3-4-5-6-7-8-9-10-11-12-13-14-15-16-17-18-19-20-21-26-45(55)57-38-56-44-31-34-49-46(51-44)52(2)41-32-35-53(36-33-41)47-50-42-24-22-23-25-43(42)54(47)37-39-27-29-40(48)30-28-39/h7-8,10-11,13-14,16-17,19-20,22-25,27-31,34,41H,3-6,9,12,15,18,21,26,32-33,35-38H2,1-2H3. The molecule has 0 aliphatic carbocycles. The average molecular weight is 775 g/mol. The van der Waals surface area contributed by atoms with E-state index in [1.165, 1.54) is 37.8 Å². The van der Waals surface area contributed by atoms with Gasteiger partial charge >= 0.3 is 5.97 Å². The van der Waals surface area contributed by atoms with Crippen LogP contribution in [0.3, 0.4) is 0 Å². The lowest BCUT2D eigenvalue weighted by atomic mass is 10.0. The molecule has 1 aliphatic rings. The van der Waals surface area contributed by atoms with Gasteiger partial charge in [0, 0.05) is 44.9 Å². The number of rotatable bonds is 23. The number of fused-ring (bicyclic) bond motifs is 1. The molecule has 0 spiro atoms. The quantitative estimate of drug-likeness (QED) is 0.0319. The van der Waals surface area contributed by atoms with Gasteiger partial charge in [0.2, 0.25) is 24.6 Å². The Kier molecular flexibility index (Phi) is 18.1. The highest BCUT2D eigenvalue weighted by Crippen LogP contribution is 2.28. The van der Waals surface area contributed by atoms with Crippen LogP contribution in [0.5, 0.6) is 5.88 Å². The molecule has 302 valence electrons. The van der Waals surface area contributed by atoms with Crippen LogP contribution in [0.15, 0.2) is 122 Å². The normalized spacial score (nSPS) is 14.1. The number of hydrogen-bond donors (Lipinski definition) is 0. The summed E-state index contributed by atoms with van der Waals surface area (Å²) in [4.78, 5) is 30.8. The fourth-order valence-corrected chi connectivity index (χ4v) is 6.69. The summed E-state index contributed by atoms with van der Waals surface area (Å²) in [6, 6.07) is 16.7. The topological polar surface area (TPSA) is 85.6 Å². The third-order valence-electron chi connectivity index (χ3n) is 9.95. The molecule has 2 aromatic carbocycles. The highest BCUT2D eigenvalue weighted by atomic mass is 19.1. The average Bonchev–Trinajstić information content (AvgIpc) is 3.60. The number of anilines is 2. The molecule has 0 radical (unpaired) electrons. The molecule has 57 heavy (non-hydrogen) atoms. The van der Waals surface area contributed by atoms with Gasteiger partial charge in [0.05, 0.1) is 17.6 Å². The maximum atomic E-state index is 13.6. The lowest BCUT2D eigenvalue weighted by Crippen LogP contribution is -2.44. The van der Waals surface area contributed by atoms with E-state index in [1.54, 1.807) is 12.3 Å². The molecule has 0 amide bonds. The van der Waals surface area contributed by atoms with Crippen LogP contribution >= 0.6 is 0 Å². The van der Waals surface area contributed by atoms with Crippen molar-refractivity contribution in [2.45, 2.75) is 96.6 Å². The molecule has 2 aromatic heterocycles. The molecule has 0 N–H and O–H groups in total. The number of allylic oxidation sites excluding steroid dienone is 10. The number of benzene rings is 2. The third-order valence-corrected chi connectivity index (χ3v) is 9.95. The Morgan fingerprint density at radius 1 is 0.825 bits per heavy atom. The van der Waals surface area contributed by atoms with Crippen LogP contribution in [-0.2, 0) is 16.1 Å². The lowest BCUT2D eigenvalue weighted by Gasteiger charge is -2.37. The minimum absolute atomic E-state index is 0.206. The predicted molar refractivity (Wildman–Crippen MR) is 230 cm³/mol. The number of imidazole rings is 1. The van der Waals surface area contributed by atoms with Crippen LogP contribution in [0.2, 0.25) is 0 Å². The predicted octanol–water partition coefficient (Wildman–Crippen LogP) is 10.7. The molecule has 5 rings (SSSR count). The molecule has 1 fully saturated rings. The summed E-state index contributed by atoms with van der Waals surface area (Å²) in [7, 11) is 2.00. The number of unbranched alkanes of at least 4 members (excludes halogenated alkanes) is 3. The summed E-state index contributed by atoms with van der Waals surface area (Å²) >= 11 is 0. The third kappa shape index (κ3) is 14.5. The van der Waals surface area contributed by atoms with Crippen molar-refractivity contribution in [1.82, 2.24) is 19.5 Å². The first-order chi connectivity index (χ1) is 28.0. The first-order valence-corrected chi connectivity index (χ1v) is 20.6. The zero-order chi connectivity index (χ0) is 39.9. The van der Waals surface area contributed by atoms with Gasteiger partial charge in [-0.15, -0.1) is 0 Å². The van der Waals surface area contributed by atoms with E-state index >= 15 is 0 Å². The zero-order valence-electron chi connectivity index (χ0n) is 33.7. The Bertz CT molecular complexity index is 1940. The Morgan fingerprint density at radius 2 is 1.47 bits per heavy atom. The first-order valence-electron chi connectivity index (χ1n) is 20.6. The lowest BCUT2D eigenvalue weighted by molar-refractivity contribution is -0.150. The smallest absolute Gasteiger partial charge is 0.308 e. The number of ether oxygens (including phenoxy) is 2. The number of hydrogen-bond acceptors (Lipinski definition) is 8. The van der Waals surface area contributed by atoms with Gasteiger partial charge in [0.1, 0.15) is 5.82 Å². The van der Waals surface area contributed by atoms with E-state index in [0.717, 1.165) is 74.2 Å². The summed E-state index contributed by atoms with van der Waals surface area (Å²) in [6.45, 7) is 4.26. The van der Waals surface area contributed by atoms with Gasteiger partial charge < -0.3 is 23.8 Å². The number of para-hydroxylation sites is 2. The number of aromatic nitrogens is 4. The van der Waals surface area contributed by atoms with Crippen molar-refractivity contribution in [3.63, 3.8) is 0 Å². The van der Waals surface area contributed by atoms with Gasteiger partial charge in [-0.05, 0) is 87.6 Å². The van der Waals surface area contributed by atoms with Crippen LogP contribution in [0.1, 0.15) is 89.5 Å². The number of carbonyl (C=O) groups is 1. The molecule has 1 saturated heterocycles. The molecule has 1 aliphatic heterocycles. The van der Waals surface area contributed by atoms with E-state index in [0.29, 0.717) is 24.8 Å². The summed E-state index contributed by atoms with van der Waals surface area (Å²) in [5.74, 6) is 1.27. The molecule has 0 atom stereocenters. The van der Waals surface area contributed by atoms with Gasteiger partial charge in [-0.25, -0.2) is 14.4 Å². The molecular weight excluding hydrogens is 716 g/mol. The second-order valence-electron chi connectivity index (χ2n) is 14.2. The monoisotopic (exact) mass is 774 g/mol. The molecule has 0 bridgehead atoms. The van der Waals surface area contributed by atoms with E-state index < -0.39 is 0 Å². The number of esters is 1. The van der Waals surface area contributed by atoms with Crippen LogP contribution in [0.25, 0.3) is 11.0 Å². The van der Waals surface area contributed by atoms with E-state index in [1.807, 2.05) is 43.5 Å². The van der Waals surface area contributed by atoms with Gasteiger partial charge in [0.25, 0.3) is 0 Å². The molecule has 0 saturated carbocycles. The Hall–Kier alpha value is -5.51. The Balaban J connectivity index is 0.960. The van der Waals surface area contributed by atoms with E-state index in [9.17, 15) is 9.18 Å². The van der Waals surface area contributed by atoms with Gasteiger partial charge in [-0.1, -0.05) is 105 Å². The Labute approximate surface area is 338 Å². The SMILES string of the molecule is CCCCCC=CCC=CCC=CCC=CCC=CCCC(=O)OCOc1ccnc(N(C)C2CCN(c3nc4ccccc4n3Cc3ccc(F)cc3)CC2)n1. The van der Waals surface area contributed by atoms with Crippen LogP contribution in [0, 0.1) is 5.82 Å². The van der Waals surface area contributed by atoms with Crippen molar-refractivity contribution < 1.29 is 18.7 Å². The zero-order valence-corrected chi connectivity index (χ0v) is 33.7. The molecule has 10 heteroatoms. The van der Waals surface area contributed by atoms with Crippen molar-refractivity contribution in [1.29, 1.82) is 0 Å².